The number of ether oxygens (including phenoxy) is 1. The summed E-state index contributed by atoms with van der Waals surface area (Å²) >= 11 is 0. The molecule has 1 aromatic heterocycles. The van der Waals surface area contributed by atoms with Gasteiger partial charge in [0.2, 0.25) is 0 Å². The Kier molecular flexibility index (Phi) is 5.44. The van der Waals surface area contributed by atoms with Crippen molar-refractivity contribution in [2.75, 3.05) is 6.61 Å². The Hall–Kier alpha value is -1.81. The van der Waals surface area contributed by atoms with E-state index in [4.69, 9.17) is 4.74 Å². The lowest BCUT2D eigenvalue weighted by Gasteiger charge is -2.07. The zero-order chi connectivity index (χ0) is 13.3. The molecule has 102 valence electrons. The van der Waals surface area contributed by atoms with Crippen LogP contribution in [-0.4, -0.2) is 16.8 Å². The summed E-state index contributed by atoms with van der Waals surface area (Å²) in [5.74, 6) is 0.951. The molecule has 0 unspecified atom stereocenters. The number of benzene rings is 1. The van der Waals surface area contributed by atoms with E-state index in [1.54, 1.807) is 0 Å². The number of nitrogens with zero attached hydrogens (tertiary/aromatic N) is 1. The van der Waals surface area contributed by atoms with Crippen LogP contribution in [0, 0.1) is 0 Å². The summed E-state index contributed by atoms with van der Waals surface area (Å²) in [7, 11) is 0. The fraction of sp³-hybridized carbons (Fsp3) is 0.400. The van der Waals surface area contributed by atoms with E-state index in [1.165, 1.54) is 11.1 Å². The molecule has 0 bridgehead atoms. The van der Waals surface area contributed by atoms with Crippen molar-refractivity contribution in [3.05, 3.63) is 47.8 Å². The van der Waals surface area contributed by atoms with Gasteiger partial charge in [0.15, 0.2) is 0 Å². The number of aromatic nitrogens is 2. The predicted molar refractivity (Wildman–Crippen MR) is 76.0 cm³/mol. The lowest BCUT2D eigenvalue weighted by Crippen LogP contribution is -2.12. The van der Waals surface area contributed by atoms with Crippen LogP contribution in [0.25, 0.3) is 0 Å². The topological polar surface area (TPSA) is 49.9 Å². The fourth-order valence-electron chi connectivity index (χ4n) is 1.76. The van der Waals surface area contributed by atoms with Crippen LogP contribution in [0.4, 0.5) is 0 Å². The van der Waals surface area contributed by atoms with Gasteiger partial charge in [-0.05, 0) is 24.1 Å². The van der Waals surface area contributed by atoms with Crippen molar-refractivity contribution in [2.45, 2.75) is 32.9 Å². The van der Waals surface area contributed by atoms with Gasteiger partial charge in [0.25, 0.3) is 0 Å². The number of hydrogen-bond donors (Lipinski definition) is 2. The molecule has 0 saturated heterocycles. The number of rotatable bonds is 8. The van der Waals surface area contributed by atoms with Crippen molar-refractivity contribution in [1.82, 2.24) is 15.5 Å². The molecule has 0 fully saturated rings. The summed E-state index contributed by atoms with van der Waals surface area (Å²) in [6, 6.07) is 8.27. The summed E-state index contributed by atoms with van der Waals surface area (Å²) in [5.41, 5.74) is 2.42. The average Bonchev–Trinajstić information content (AvgIpc) is 2.94. The van der Waals surface area contributed by atoms with Crippen molar-refractivity contribution in [3.63, 3.8) is 0 Å². The molecule has 1 aromatic carbocycles. The van der Waals surface area contributed by atoms with Gasteiger partial charge in [0.05, 0.1) is 12.8 Å². The van der Waals surface area contributed by atoms with Crippen molar-refractivity contribution >= 4 is 0 Å². The molecule has 19 heavy (non-hydrogen) atoms. The molecule has 2 rings (SSSR count). The van der Waals surface area contributed by atoms with E-state index in [9.17, 15) is 0 Å². The molecule has 0 aliphatic heterocycles. The molecule has 0 radical (unpaired) electrons. The molecule has 0 aliphatic rings. The zero-order valence-corrected chi connectivity index (χ0v) is 11.4. The molecule has 4 heteroatoms. The zero-order valence-electron chi connectivity index (χ0n) is 11.4. The second-order valence-corrected chi connectivity index (χ2v) is 4.56. The predicted octanol–water partition coefficient (Wildman–Crippen LogP) is 2.88. The van der Waals surface area contributed by atoms with E-state index in [2.05, 4.69) is 34.6 Å². The Bertz CT molecular complexity index is 451. The van der Waals surface area contributed by atoms with Gasteiger partial charge in [0.1, 0.15) is 5.75 Å². The molecule has 2 aromatic rings. The van der Waals surface area contributed by atoms with E-state index >= 15 is 0 Å². The van der Waals surface area contributed by atoms with Crippen LogP contribution in [-0.2, 0) is 13.1 Å². The highest BCUT2D eigenvalue weighted by molar-refractivity contribution is 5.27. The van der Waals surface area contributed by atoms with Gasteiger partial charge in [-0.2, -0.15) is 5.10 Å². The summed E-state index contributed by atoms with van der Waals surface area (Å²) in [6.45, 7) is 4.64. The Morgan fingerprint density at radius 2 is 1.95 bits per heavy atom. The van der Waals surface area contributed by atoms with E-state index < -0.39 is 0 Å². The van der Waals surface area contributed by atoms with Crippen molar-refractivity contribution in [3.8, 4) is 5.75 Å². The Balaban J connectivity index is 1.72. The van der Waals surface area contributed by atoms with Crippen LogP contribution < -0.4 is 10.1 Å². The van der Waals surface area contributed by atoms with Crippen LogP contribution in [0.3, 0.4) is 0 Å². The highest BCUT2D eigenvalue weighted by atomic mass is 16.5. The second kappa shape index (κ2) is 7.59. The molecule has 0 spiro atoms. The second-order valence-electron chi connectivity index (χ2n) is 4.56. The van der Waals surface area contributed by atoms with E-state index in [0.29, 0.717) is 0 Å². The van der Waals surface area contributed by atoms with Crippen molar-refractivity contribution in [2.24, 2.45) is 0 Å². The maximum atomic E-state index is 5.63. The summed E-state index contributed by atoms with van der Waals surface area (Å²) < 4.78 is 5.63. The highest BCUT2D eigenvalue weighted by Gasteiger charge is 1.97. The lowest BCUT2D eigenvalue weighted by atomic mass is 10.2. The molecule has 0 aliphatic carbocycles. The monoisotopic (exact) mass is 259 g/mol. The van der Waals surface area contributed by atoms with Crippen LogP contribution in [0.1, 0.15) is 30.9 Å². The quantitative estimate of drug-likeness (QED) is 0.717. The van der Waals surface area contributed by atoms with Gasteiger partial charge < -0.3 is 10.1 Å². The Labute approximate surface area is 114 Å². The maximum Gasteiger partial charge on any atom is 0.119 e. The molecular weight excluding hydrogens is 238 g/mol. The molecule has 1 heterocycles. The minimum Gasteiger partial charge on any atom is -0.494 e. The number of nitrogens with one attached hydrogen (secondary N) is 2. The smallest absolute Gasteiger partial charge is 0.119 e. The van der Waals surface area contributed by atoms with Crippen LogP contribution >= 0.6 is 0 Å². The first-order chi connectivity index (χ1) is 9.38. The minimum atomic E-state index is 0.800. The van der Waals surface area contributed by atoms with Crippen LogP contribution in [0.2, 0.25) is 0 Å². The van der Waals surface area contributed by atoms with Gasteiger partial charge in [-0.15, -0.1) is 0 Å². The third-order valence-corrected chi connectivity index (χ3v) is 2.90. The van der Waals surface area contributed by atoms with Gasteiger partial charge in [-0.3, -0.25) is 5.10 Å². The molecule has 0 amide bonds. The first kappa shape index (κ1) is 13.6. The third-order valence-electron chi connectivity index (χ3n) is 2.90. The number of unbranched alkanes of at least 4 members (excludes halogenated alkanes) is 1. The largest absolute Gasteiger partial charge is 0.494 e. The van der Waals surface area contributed by atoms with Crippen molar-refractivity contribution < 1.29 is 4.74 Å². The minimum absolute atomic E-state index is 0.800. The standard InChI is InChI=1S/C15H21N3O/c1-2-3-8-19-15-6-4-13(5-7-15)9-16-10-14-11-17-18-12-14/h4-7,11-12,16H,2-3,8-10H2,1H3,(H,17,18). The third kappa shape index (κ3) is 4.75. The fourth-order valence-corrected chi connectivity index (χ4v) is 1.76. The van der Waals surface area contributed by atoms with Crippen LogP contribution in [0.5, 0.6) is 5.75 Å². The van der Waals surface area contributed by atoms with Gasteiger partial charge in [-0.1, -0.05) is 25.5 Å². The normalized spacial score (nSPS) is 10.6. The molecule has 0 atom stereocenters. The number of hydrogen-bond acceptors (Lipinski definition) is 3. The average molecular weight is 259 g/mol. The molecule has 0 saturated carbocycles. The van der Waals surface area contributed by atoms with Crippen molar-refractivity contribution in [1.29, 1.82) is 0 Å². The number of aromatic amines is 1. The Morgan fingerprint density at radius 1 is 1.16 bits per heavy atom. The maximum absolute atomic E-state index is 5.63. The molecular formula is C15H21N3O. The SMILES string of the molecule is CCCCOc1ccc(CNCc2cn[nH]c2)cc1. The van der Waals surface area contributed by atoms with Gasteiger partial charge in [0, 0.05) is 24.8 Å². The van der Waals surface area contributed by atoms with E-state index in [-0.39, 0.29) is 0 Å². The first-order valence-corrected chi connectivity index (χ1v) is 6.78. The van der Waals surface area contributed by atoms with E-state index in [1.807, 2.05) is 24.5 Å². The summed E-state index contributed by atoms with van der Waals surface area (Å²) in [4.78, 5) is 0. The molecule has 2 N–H and O–H groups in total. The molecule has 4 nitrogen and oxygen atoms in total. The first-order valence-electron chi connectivity index (χ1n) is 6.78. The summed E-state index contributed by atoms with van der Waals surface area (Å²) in [5, 5.41) is 10.1. The summed E-state index contributed by atoms with van der Waals surface area (Å²) in [6.07, 6.45) is 6.00. The van der Waals surface area contributed by atoms with Crippen LogP contribution in [0.15, 0.2) is 36.7 Å². The van der Waals surface area contributed by atoms with Gasteiger partial charge in [-0.25, -0.2) is 0 Å². The Morgan fingerprint density at radius 3 is 2.63 bits per heavy atom. The number of H-pyrrole nitrogens is 1. The highest BCUT2D eigenvalue weighted by Crippen LogP contribution is 2.12. The van der Waals surface area contributed by atoms with Gasteiger partial charge >= 0.3 is 0 Å². The van der Waals surface area contributed by atoms with E-state index in [0.717, 1.165) is 38.3 Å². The lowest BCUT2D eigenvalue weighted by molar-refractivity contribution is 0.309.